The lowest BCUT2D eigenvalue weighted by molar-refractivity contribution is -0.161. The van der Waals surface area contributed by atoms with Crippen LogP contribution in [0.3, 0.4) is 0 Å². The number of carbonyl (C=O) groups is 2. The molecular weight excluding hydrogens is 473 g/mol. The minimum absolute atomic E-state index is 0.0527. The molecule has 0 bridgehead atoms. The maximum atomic E-state index is 12.2. The summed E-state index contributed by atoms with van der Waals surface area (Å²) in [4.78, 5) is 33.7. The molecule has 0 saturated heterocycles. The van der Waals surface area contributed by atoms with Gasteiger partial charge in [-0.25, -0.2) is 4.57 Å². The number of rotatable bonds is 24. The van der Waals surface area contributed by atoms with Gasteiger partial charge in [0.15, 0.2) is 6.10 Å². The van der Waals surface area contributed by atoms with E-state index in [1.807, 2.05) is 6.92 Å². The largest absolute Gasteiger partial charge is 0.472 e. The van der Waals surface area contributed by atoms with E-state index < -0.39 is 32.5 Å². The Morgan fingerprint density at radius 2 is 1.43 bits per heavy atom. The van der Waals surface area contributed by atoms with E-state index in [9.17, 15) is 19.0 Å². The molecule has 0 amide bonds. The first-order valence-corrected chi connectivity index (χ1v) is 14.7. The summed E-state index contributed by atoms with van der Waals surface area (Å²) >= 11 is 0. The summed E-state index contributed by atoms with van der Waals surface area (Å²) in [5.74, 6) is -0.885. The topological polar surface area (TPSA) is 134 Å². The molecular formula is C25H48NO8P. The summed E-state index contributed by atoms with van der Waals surface area (Å²) in [5.41, 5.74) is 5.25. The number of phosphoric ester groups is 1. The summed E-state index contributed by atoms with van der Waals surface area (Å²) in [6.45, 7) is 3.38. The van der Waals surface area contributed by atoms with Crippen LogP contribution in [0, 0.1) is 0 Å². The van der Waals surface area contributed by atoms with Gasteiger partial charge in [-0.15, -0.1) is 0 Å². The Kier molecular flexibility index (Phi) is 22.3. The molecule has 0 aromatic heterocycles. The minimum atomic E-state index is -4.34. The number of carbonyl (C=O) groups excluding carboxylic acids is 2. The summed E-state index contributed by atoms with van der Waals surface area (Å²) in [6.07, 6.45) is 16.5. The molecule has 0 heterocycles. The van der Waals surface area contributed by atoms with Crippen molar-refractivity contribution >= 4 is 19.8 Å². The number of hydrogen-bond acceptors (Lipinski definition) is 8. The first-order valence-electron chi connectivity index (χ1n) is 13.2. The van der Waals surface area contributed by atoms with Crippen LogP contribution in [0.5, 0.6) is 0 Å². The maximum Gasteiger partial charge on any atom is 0.472 e. The number of hydrogen-bond donors (Lipinski definition) is 2. The van der Waals surface area contributed by atoms with Crippen molar-refractivity contribution in [2.75, 3.05) is 26.4 Å². The molecule has 3 N–H and O–H groups in total. The number of unbranched alkanes of at least 4 members (excludes halogenated alkanes) is 9. The van der Waals surface area contributed by atoms with Gasteiger partial charge in [0.25, 0.3) is 0 Å². The van der Waals surface area contributed by atoms with Gasteiger partial charge in [0.2, 0.25) is 0 Å². The predicted molar refractivity (Wildman–Crippen MR) is 137 cm³/mol. The van der Waals surface area contributed by atoms with Crippen LogP contribution in [0.4, 0.5) is 0 Å². The van der Waals surface area contributed by atoms with Crippen molar-refractivity contribution in [1.29, 1.82) is 0 Å². The predicted octanol–water partition coefficient (Wildman–Crippen LogP) is 5.59. The number of allylic oxidation sites excluding steroid dienone is 2. The van der Waals surface area contributed by atoms with E-state index in [4.69, 9.17) is 19.7 Å². The molecule has 0 rings (SSSR count). The van der Waals surface area contributed by atoms with Gasteiger partial charge in [0, 0.05) is 19.4 Å². The highest BCUT2D eigenvalue weighted by Crippen LogP contribution is 2.43. The molecule has 35 heavy (non-hydrogen) atoms. The summed E-state index contributed by atoms with van der Waals surface area (Å²) < 4.78 is 31.9. The van der Waals surface area contributed by atoms with Crippen LogP contribution in [-0.2, 0) is 32.7 Å². The van der Waals surface area contributed by atoms with Crippen molar-refractivity contribution in [1.82, 2.24) is 0 Å². The van der Waals surface area contributed by atoms with Crippen LogP contribution >= 0.6 is 7.82 Å². The minimum Gasteiger partial charge on any atom is -0.462 e. The zero-order chi connectivity index (χ0) is 26.2. The first kappa shape index (κ1) is 33.8. The Bertz CT molecular complexity index is 614. The lowest BCUT2D eigenvalue weighted by Gasteiger charge is -2.19. The van der Waals surface area contributed by atoms with Crippen LogP contribution in [0.1, 0.15) is 104 Å². The molecule has 9 nitrogen and oxygen atoms in total. The van der Waals surface area contributed by atoms with Gasteiger partial charge < -0.3 is 20.1 Å². The highest BCUT2D eigenvalue weighted by molar-refractivity contribution is 7.47. The molecule has 2 unspecified atom stereocenters. The molecule has 0 aromatic carbocycles. The molecule has 0 saturated carbocycles. The molecule has 2 atom stereocenters. The summed E-state index contributed by atoms with van der Waals surface area (Å²) in [5, 5.41) is 0. The third-order valence-corrected chi connectivity index (χ3v) is 6.14. The molecule has 10 heteroatoms. The van der Waals surface area contributed by atoms with Gasteiger partial charge in [-0.05, 0) is 38.5 Å². The number of phosphoric acid groups is 1. The van der Waals surface area contributed by atoms with Crippen LogP contribution in [0.2, 0.25) is 0 Å². The molecule has 0 aromatic rings. The van der Waals surface area contributed by atoms with Crippen molar-refractivity contribution in [3.63, 3.8) is 0 Å². The lowest BCUT2D eigenvalue weighted by atomic mass is 10.1. The van der Waals surface area contributed by atoms with E-state index in [1.54, 1.807) is 0 Å². The maximum absolute atomic E-state index is 12.2. The van der Waals surface area contributed by atoms with Crippen molar-refractivity contribution in [2.45, 2.75) is 110 Å². The third kappa shape index (κ3) is 22.9. The van der Waals surface area contributed by atoms with Crippen molar-refractivity contribution in [2.24, 2.45) is 5.73 Å². The molecule has 206 valence electrons. The Labute approximate surface area is 211 Å². The van der Waals surface area contributed by atoms with Gasteiger partial charge in [-0.2, -0.15) is 0 Å². The van der Waals surface area contributed by atoms with E-state index >= 15 is 0 Å². The Morgan fingerprint density at radius 3 is 2.09 bits per heavy atom. The zero-order valence-electron chi connectivity index (χ0n) is 21.8. The van der Waals surface area contributed by atoms with E-state index in [2.05, 4.69) is 23.6 Å². The normalized spacial score (nSPS) is 14.1. The number of nitrogens with two attached hydrogens (primary N) is 1. The van der Waals surface area contributed by atoms with Gasteiger partial charge in [-0.3, -0.25) is 18.6 Å². The molecule has 0 spiro atoms. The monoisotopic (exact) mass is 521 g/mol. The highest BCUT2D eigenvalue weighted by atomic mass is 31.2. The van der Waals surface area contributed by atoms with Gasteiger partial charge in [-0.1, -0.05) is 64.5 Å². The molecule has 0 aliphatic heterocycles. The Hall–Kier alpha value is -1.25. The van der Waals surface area contributed by atoms with Crippen LogP contribution in [0.15, 0.2) is 12.2 Å². The second kappa shape index (κ2) is 23.2. The molecule has 0 radical (unpaired) electrons. The highest BCUT2D eigenvalue weighted by Gasteiger charge is 2.25. The van der Waals surface area contributed by atoms with E-state index in [-0.39, 0.29) is 32.6 Å². The van der Waals surface area contributed by atoms with Crippen LogP contribution in [-0.4, -0.2) is 49.3 Å². The first-order chi connectivity index (χ1) is 16.8. The molecule has 0 aliphatic rings. The Balaban J connectivity index is 4.25. The van der Waals surface area contributed by atoms with Gasteiger partial charge in [0.1, 0.15) is 6.61 Å². The average Bonchev–Trinajstić information content (AvgIpc) is 2.83. The number of ether oxygens (including phenoxy) is 2. The third-order valence-electron chi connectivity index (χ3n) is 5.15. The summed E-state index contributed by atoms with van der Waals surface area (Å²) in [6, 6.07) is 0. The standard InChI is InChI=1S/C25H48NO8P/c1-3-5-7-8-9-10-11-12-13-14-15-16-18-25(28)34-23(21-31-24(27)17-6-4-2)22-33-35(29,30)32-20-19-26/h9-10,23H,3-8,11-22,26H2,1-2H3,(H,29,30)/b10-9-. The van der Waals surface area contributed by atoms with Crippen LogP contribution < -0.4 is 5.73 Å². The van der Waals surface area contributed by atoms with Crippen molar-refractivity contribution in [3.8, 4) is 0 Å². The van der Waals surface area contributed by atoms with Crippen molar-refractivity contribution < 1.29 is 37.6 Å². The smallest absolute Gasteiger partial charge is 0.462 e. The fourth-order valence-corrected chi connectivity index (χ4v) is 3.90. The van der Waals surface area contributed by atoms with Gasteiger partial charge in [0.05, 0.1) is 13.2 Å². The SMILES string of the molecule is CCCCC/C=C\CCCCCCCC(=O)OC(COC(=O)CCCC)COP(=O)(O)OCCN. The van der Waals surface area contributed by atoms with Crippen LogP contribution in [0.25, 0.3) is 0 Å². The molecule has 0 aliphatic carbocycles. The van der Waals surface area contributed by atoms with Crippen molar-refractivity contribution in [3.05, 3.63) is 12.2 Å². The number of esters is 2. The Morgan fingerprint density at radius 1 is 0.829 bits per heavy atom. The fourth-order valence-electron chi connectivity index (χ4n) is 3.13. The van der Waals surface area contributed by atoms with E-state index in [0.717, 1.165) is 44.9 Å². The summed E-state index contributed by atoms with van der Waals surface area (Å²) in [7, 11) is -4.34. The van der Waals surface area contributed by atoms with Gasteiger partial charge >= 0.3 is 19.8 Å². The average molecular weight is 522 g/mol. The van der Waals surface area contributed by atoms with E-state index in [1.165, 1.54) is 19.3 Å². The lowest BCUT2D eigenvalue weighted by Crippen LogP contribution is -2.29. The quantitative estimate of drug-likeness (QED) is 0.0721. The fraction of sp³-hybridized carbons (Fsp3) is 0.840. The van der Waals surface area contributed by atoms with E-state index in [0.29, 0.717) is 12.8 Å². The zero-order valence-corrected chi connectivity index (χ0v) is 22.7. The second-order valence-electron chi connectivity index (χ2n) is 8.56. The second-order valence-corrected chi connectivity index (χ2v) is 10.0. The molecule has 0 fully saturated rings.